The average molecular weight is 296 g/mol. The minimum atomic E-state index is 0.272. The molecule has 0 aromatic carbocycles. The normalized spacial score (nSPS) is 18.5. The van der Waals surface area contributed by atoms with Crippen molar-refractivity contribution in [2.45, 2.75) is 18.9 Å². The third-order valence-electron chi connectivity index (χ3n) is 3.86. The van der Waals surface area contributed by atoms with Crippen LogP contribution < -0.4 is 4.90 Å². The molecule has 1 unspecified atom stereocenters. The quantitative estimate of drug-likeness (QED) is 0.783. The van der Waals surface area contributed by atoms with Crippen LogP contribution in [0.4, 0.5) is 5.95 Å². The van der Waals surface area contributed by atoms with Gasteiger partial charge >= 0.3 is 0 Å². The molecule has 0 radical (unpaired) electrons. The average Bonchev–Trinajstić information content (AvgIpc) is 3.27. The van der Waals surface area contributed by atoms with E-state index in [9.17, 15) is 0 Å². The van der Waals surface area contributed by atoms with Crippen LogP contribution in [-0.2, 0) is 0 Å². The van der Waals surface area contributed by atoms with Crippen LogP contribution in [0.15, 0.2) is 37.1 Å². The molecule has 1 aliphatic heterocycles. The van der Waals surface area contributed by atoms with Gasteiger partial charge in [-0.1, -0.05) is 5.21 Å². The highest BCUT2D eigenvalue weighted by Crippen LogP contribution is 2.24. The van der Waals surface area contributed by atoms with Gasteiger partial charge in [0.05, 0.1) is 12.2 Å². The Balaban J connectivity index is 1.53. The van der Waals surface area contributed by atoms with Crippen LogP contribution >= 0.6 is 0 Å². The van der Waals surface area contributed by atoms with Gasteiger partial charge in [-0.2, -0.15) is 0 Å². The Morgan fingerprint density at radius 2 is 2.05 bits per heavy atom. The molecule has 4 rings (SSSR count). The number of imidazole rings is 1. The molecule has 3 aromatic rings. The lowest BCUT2D eigenvalue weighted by Crippen LogP contribution is -2.37. The Kier molecular flexibility index (Phi) is 3.26. The van der Waals surface area contributed by atoms with Crippen LogP contribution in [-0.4, -0.2) is 48.0 Å². The Morgan fingerprint density at radius 1 is 1.14 bits per heavy atom. The van der Waals surface area contributed by atoms with Crippen LogP contribution in [0.2, 0.25) is 0 Å². The predicted molar refractivity (Wildman–Crippen MR) is 80.1 cm³/mol. The van der Waals surface area contributed by atoms with Gasteiger partial charge in [0.1, 0.15) is 5.69 Å². The van der Waals surface area contributed by atoms with E-state index in [1.165, 1.54) is 0 Å². The van der Waals surface area contributed by atoms with Crippen LogP contribution in [0.25, 0.3) is 11.5 Å². The summed E-state index contributed by atoms with van der Waals surface area (Å²) in [7, 11) is 0. The van der Waals surface area contributed by atoms with E-state index in [0.29, 0.717) is 0 Å². The summed E-state index contributed by atoms with van der Waals surface area (Å²) < 4.78 is 1.92. The molecule has 8 nitrogen and oxygen atoms in total. The summed E-state index contributed by atoms with van der Waals surface area (Å²) in [5.74, 6) is 1.52. The van der Waals surface area contributed by atoms with Crippen molar-refractivity contribution in [1.29, 1.82) is 0 Å². The number of rotatable bonds is 3. The summed E-state index contributed by atoms with van der Waals surface area (Å²) in [5.41, 5.74) is 0.762. The lowest BCUT2D eigenvalue weighted by atomic mass is 10.1. The molecule has 4 heterocycles. The second-order valence-corrected chi connectivity index (χ2v) is 5.31. The number of H-pyrrole nitrogens is 1. The highest BCUT2D eigenvalue weighted by Gasteiger charge is 2.24. The molecule has 0 saturated carbocycles. The van der Waals surface area contributed by atoms with E-state index in [2.05, 4.69) is 35.1 Å². The van der Waals surface area contributed by atoms with Crippen LogP contribution in [0.3, 0.4) is 0 Å². The molecule has 1 saturated heterocycles. The van der Waals surface area contributed by atoms with Gasteiger partial charge in [-0.05, 0) is 18.9 Å². The maximum atomic E-state index is 4.33. The minimum Gasteiger partial charge on any atom is -0.343 e. The van der Waals surface area contributed by atoms with Gasteiger partial charge < -0.3 is 9.88 Å². The number of nitrogens with one attached hydrogen (secondary N) is 1. The molecule has 0 spiro atoms. The zero-order chi connectivity index (χ0) is 14.8. The SMILES string of the molecule is c1cnc(N2CCCC(n3cc(-c4ncc[nH]4)nn3)C2)nc1. The molecule has 1 atom stereocenters. The molecule has 0 amide bonds. The van der Waals surface area contributed by atoms with E-state index in [1.807, 2.05) is 16.9 Å². The number of anilines is 1. The lowest BCUT2D eigenvalue weighted by Gasteiger charge is -2.32. The summed E-state index contributed by atoms with van der Waals surface area (Å²) in [6.45, 7) is 1.81. The number of aromatic amines is 1. The van der Waals surface area contributed by atoms with Gasteiger partial charge in [-0.3, -0.25) is 0 Å². The number of hydrogen-bond acceptors (Lipinski definition) is 6. The molecule has 22 heavy (non-hydrogen) atoms. The van der Waals surface area contributed by atoms with Crippen molar-refractivity contribution in [3.05, 3.63) is 37.1 Å². The zero-order valence-corrected chi connectivity index (χ0v) is 12.0. The predicted octanol–water partition coefficient (Wildman–Crippen LogP) is 1.30. The molecule has 1 N–H and O–H groups in total. The van der Waals surface area contributed by atoms with E-state index < -0.39 is 0 Å². The first-order valence-corrected chi connectivity index (χ1v) is 7.34. The van der Waals surface area contributed by atoms with Gasteiger partial charge in [0.25, 0.3) is 0 Å². The molecule has 3 aromatic heterocycles. The first kappa shape index (κ1) is 12.9. The molecule has 0 aliphatic carbocycles. The topological polar surface area (TPSA) is 88.4 Å². The number of hydrogen-bond donors (Lipinski definition) is 1. The maximum Gasteiger partial charge on any atom is 0.225 e. The van der Waals surface area contributed by atoms with Gasteiger partial charge in [0, 0.05) is 37.9 Å². The summed E-state index contributed by atoms with van der Waals surface area (Å²) in [6, 6.07) is 2.10. The van der Waals surface area contributed by atoms with Crippen molar-refractivity contribution >= 4 is 5.95 Å². The van der Waals surface area contributed by atoms with Crippen LogP contribution in [0, 0.1) is 0 Å². The van der Waals surface area contributed by atoms with Crippen LogP contribution in [0.5, 0.6) is 0 Å². The van der Waals surface area contributed by atoms with Crippen LogP contribution in [0.1, 0.15) is 18.9 Å². The highest BCUT2D eigenvalue weighted by atomic mass is 15.4. The molecule has 0 bridgehead atoms. The number of nitrogens with zero attached hydrogens (tertiary/aromatic N) is 7. The first-order valence-electron chi connectivity index (χ1n) is 7.34. The Morgan fingerprint density at radius 3 is 2.86 bits per heavy atom. The summed E-state index contributed by atoms with van der Waals surface area (Å²) in [6.07, 6.45) is 11.1. The Labute approximate surface area is 127 Å². The van der Waals surface area contributed by atoms with Crippen molar-refractivity contribution in [2.75, 3.05) is 18.0 Å². The Bertz CT molecular complexity index is 720. The fourth-order valence-electron chi connectivity index (χ4n) is 2.78. The fraction of sp³-hybridized carbons (Fsp3) is 0.357. The van der Waals surface area contributed by atoms with Gasteiger partial charge in [0.15, 0.2) is 5.82 Å². The summed E-state index contributed by atoms with van der Waals surface area (Å²) >= 11 is 0. The molecule has 1 aliphatic rings. The van der Waals surface area contributed by atoms with Crippen molar-refractivity contribution in [3.63, 3.8) is 0 Å². The van der Waals surface area contributed by atoms with Gasteiger partial charge in [-0.15, -0.1) is 5.10 Å². The van der Waals surface area contributed by atoms with E-state index in [1.54, 1.807) is 24.8 Å². The number of aromatic nitrogens is 7. The summed E-state index contributed by atoms with van der Waals surface area (Å²) in [5, 5.41) is 8.46. The van der Waals surface area contributed by atoms with Crippen molar-refractivity contribution in [3.8, 4) is 11.5 Å². The molecular formula is C14H16N8. The summed E-state index contributed by atoms with van der Waals surface area (Å²) in [4.78, 5) is 18.1. The zero-order valence-electron chi connectivity index (χ0n) is 12.0. The molecule has 8 heteroatoms. The first-order chi connectivity index (χ1) is 10.9. The molecule has 1 fully saturated rings. The van der Waals surface area contributed by atoms with Crippen molar-refractivity contribution < 1.29 is 0 Å². The Hall–Kier alpha value is -2.77. The third kappa shape index (κ3) is 2.43. The van der Waals surface area contributed by atoms with Crippen molar-refractivity contribution in [2.24, 2.45) is 0 Å². The van der Waals surface area contributed by atoms with Crippen molar-refractivity contribution in [1.82, 2.24) is 34.9 Å². The highest BCUT2D eigenvalue weighted by molar-refractivity contribution is 5.45. The maximum absolute atomic E-state index is 4.33. The lowest BCUT2D eigenvalue weighted by molar-refractivity contribution is 0.366. The van der Waals surface area contributed by atoms with E-state index in [4.69, 9.17) is 0 Å². The standard InChI is InChI=1S/C14H16N8/c1-3-11(9-21(8-1)14-17-4-2-5-18-14)22-10-12(19-20-22)13-15-6-7-16-13/h2,4-7,10-11H,1,3,8-9H2,(H,15,16). The monoisotopic (exact) mass is 296 g/mol. The smallest absolute Gasteiger partial charge is 0.225 e. The largest absolute Gasteiger partial charge is 0.343 e. The van der Waals surface area contributed by atoms with E-state index in [-0.39, 0.29) is 6.04 Å². The number of piperidine rings is 1. The second kappa shape index (κ2) is 5.55. The van der Waals surface area contributed by atoms with Gasteiger partial charge in [0.2, 0.25) is 5.95 Å². The third-order valence-corrected chi connectivity index (χ3v) is 3.86. The molecule has 112 valence electrons. The van der Waals surface area contributed by atoms with E-state index in [0.717, 1.165) is 43.4 Å². The second-order valence-electron chi connectivity index (χ2n) is 5.31. The van der Waals surface area contributed by atoms with E-state index >= 15 is 0 Å². The minimum absolute atomic E-state index is 0.272. The fourth-order valence-corrected chi connectivity index (χ4v) is 2.78. The molecular weight excluding hydrogens is 280 g/mol. The van der Waals surface area contributed by atoms with Gasteiger partial charge in [-0.25, -0.2) is 19.6 Å².